The molecule has 88 valence electrons. The number of fused-ring (bicyclic) bond motifs is 1. The molecule has 0 saturated carbocycles. The molecular formula is C11H12N4O2. The number of aliphatic hydroxyl groups excluding tert-OH is 1. The third-order valence-corrected chi connectivity index (χ3v) is 3.01. The van der Waals surface area contributed by atoms with Crippen molar-refractivity contribution in [3.05, 3.63) is 23.8 Å². The summed E-state index contributed by atoms with van der Waals surface area (Å²) in [5, 5.41) is 19.8. The monoisotopic (exact) mass is 232 g/mol. The Labute approximate surface area is 97.2 Å². The lowest BCUT2D eigenvalue weighted by molar-refractivity contribution is 0.0765. The lowest BCUT2D eigenvalue weighted by Gasteiger charge is -2.15. The number of nitrogens with one attached hydrogen (secondary N) is 1. The molecule has 0 radical (unpaired) electrons. The lowest BCUT2D eigenvalue weighted by atomic mass is 10.2. The van der Waals surface area contributed by atoms with Gasteiger partial charge in [0.2, 0.25) is 0 Å². The average molecular weight is 232 g/mol. The summed E-state index contributed by atoms with van der Waals surface area (Å²) >= 11 is 0. The van der Waals surface area contributed by atoms with Gasteiger partial charge < -0.3 is 10.0 Å². The van der Waals surface area contributed by atoms with Gasteiger partial charge in [0.1, 0.15) is 11.0 Å². The van der Waals surface area contributed by atoms with Crippen LogP contribution in [0.15, 0.2) is 18.2 Å². The summed E-state index contributed by atoms with van der Waals surface area (Å²) in [7, 11) is 0. The molecule has 2 aromatic rings. The predicted octanol–water partition coefficient (Wildman–Crippen LogP) is 0.165. The first-order chi connectivity index (χ1) is 8.24. The normalized spacial score (nSPS) is 20.1. The van der Waals surface area contributed by atoms with Crippen molar-refractivity contribution < 1.29 is 9.90 Å². The Balaban J connectivity index is 1.89. The summed E-state index contributed by atoms with van der Waals surface area (Å²) in [4.78, 5) is 13.8. The van der Waals surface area contributed by atoms with E-state index in [0.717, 1.165) is 5.52 Å². The van der Waals surface area contributed by atoms with E-state index in [1.807, 2.05) is 0 Å². The van der Waals surface area contributed by atoms with E-state index < -0.39 is 6.10 Å². The Kier molecular flexibility index (Phi) is 2.29. The van der Waals surface area contributed by atoms with E-state index >= 15 is 0 Å². The second-order valence-electron chi connectivity index (χ2n) is 4.22. The summed E-state index contributed by atoms with van der Waals surface area (Å²) < 4.78 is 0. The number of hydrogen-bond donors (Lipinski definition) is 2. The number of likely N-dealkylation sites (tertiary alicyclic amines) is 1. The Morgan fingerprint density at radius 2 is 2.24 bits per heavy atom. The van der Waals surface area contributed by atoms with Crippen LogP contribution in [0.3, 0.4) is 0 Å². The van der Waals surface area contributed by atoms with Gasteiger partial charge in [-0.3, -0.25) is 4.79 Å². The standard InChI is InChI=1S/C11H12N4O2/c16-8-3-4-15(6-8)11(17)7-1-2-9-10(5-7)13-14-12-9/h1-2,5,8,16H,3-4,6H2,(H,12,13,14)/t8-/m0/s1. The van der Waals surface area contributed by atoms with Crippen LogP contribution in [0.25, 0.3) is 11.0 Å². The molecule has 1 aromatic carbocycles. The van der Waals surface area contributed by atoms with Crippen molar-refractivity contribution in [1.82, 2.24) is 20.3 Å². The van der Waals surface area contributed by atoms with Gasteiger partial charge in [0.15, 0.2) is 0 Å². The molecule has 1 aliphatic heterocycles. The van der Waals surface area contributed by atoms with Crippen molar-refractivity contribution in [1.29, 1.82) is 0 Å². The highest BCUT2D eigenvalue weighted by Gasteiger charge is 2.25. The van der Waals surface area contributed by atoms with E-state index in [2.05, 4.69) is 15.4 Å². The van der Waals surface area contributed by atoms with E-state index in [0.29, 0.717) is 30.6 Å². The highest BCUT2D eigenvalue weighted by atomic mass is 16.3. The number of aromatic nitrogens is 3. The van der Waals surface area contributed by atoms with Crippen molar-refractivity contribution in [2.45, 2.75) is 12.5 Å². The van der Waals surface area contributed by atoms with Crippen LogP contribution in [0.1, 0.15) is 16.8 Å². The van der Waals surface area contributed by atoms with Gasteiger partial charge in [-0.05, 0) is 24.6 Å². The second-order valence-corrected chi connectivity index (χ2v) is 4.22. The van der Waals surface area contributed by atoms with Gasteiger partial charge in [0.05, 0.1) is 6.10 Å². The van der Waals surface area contributed by atoms with Crippen LogP contribution in [0, 0.1) is 0 Å². The number of carbonyl (C=O) groups is 1. The Bertz CT molecular complexity index is 565. The Morgan fingerprint density at radius 1 is 1.41 bits per heavy atom. The first kappa shape index (κ1) is 10.2. The fourth-order valence-electron chi connectivity index (χ4n) is 2.08. The van der Waals surface area contributed by atoms with Gasteiger partial charge in [-0.1, -0.05) is 0 Å². The van der Waals surface area contributed by atoms with Crippen LogP contribution in [0.5, 0.6) is 0 Å². The number of rotatable bonds is 1. The van der Waals surface area contributed by atoms with Crippen molar-refractivity contribution >= 4 is 16.9 Å². The minimum atomic E-state index is -0.394. The number of aromatic amines is 1. The van der Waals surface area contributed by atoms with Crippen LogP contribution in [0.2, 0.25) is 0 Å². The second kappa shape index (κ2) is 3.81. The maximum atomic E-state index is 12.1. The number of amides is 1. The number of β-amino-alcohol motifs (C(OH)–C–C–N with tert-alkyl or cyclic N) is 1. The summed E-state index contributed by atoms with van der Waals surface area (Å²) in [5.41, 5.74) is 2.00. The van der Waals surface area contributed by atoms with Gasteiger partial charge >= 0.3 is 0 Å². The zero-order chi connectivity index (χ0) is 11.8. The maximum absolute atomic E-state index is 12.1. The van der Waals surface area contributed by atoms with Crippen molar-refractivity contribution in [3.8, 4) is 0 Å². The SMILES string of the molecule is O=C(c1ccc2n[nH]nc2c1)N1CC[C@H](O)C1. The number of hydrogen-bond acceptors (Lipinski definition) is 4. The molecule has 2 heterocycles. The van der Waals surface area contributed by atoms with Crippen LogP contribution in [-0.4, -0.2) is 50.5 Å². The van der Waals surface area contributed by atoms with Gasteiger partial charge in [-0.15, -0.1) is 0 Å². The molecule has 17 heavy (non-hydrogen) atoms. The molecule has 1 saturated heterocycles. The van der Waals surface area contributed by atoms with Gasteiger partial charge in [0.25, 0.3) is 5.91 Å². The Hall–Kier alpha value is -1.95. The topological polar surface area (TPSA) is 82.1 Å². The molecule has 0 spiro atoms. The molecule has 3 rings (SSSR count). The minimum Gasteiger partial charge on any atom is -0.391 e. The fourth-order valence-corrected chi connectivity index (χ4v) is 2.08. The number of carbonyl (C=O) groups excluding carboxylic acids is 1. The van der Waals surface area contributed by atoms with Crippen LogP contribution in [-0.2, 0) is 0 Å². The third kappa shape index (κ3) is 1.76. The molecule has 1 amide bonds. The lowest BCUT2D eigenvalue weighted by Crippen LogP contribution is -2.29. The van der Waals surface area contributed by atoms with Crippen molar-refractivity contribution in [2.24, 2.45) is 0 Å². The molecule has 6 heteroatoms. The van der Waals surface area contributed by atoms with E-state index in [1.54, 1.807) is 23.1 Å². The number of benzene rings is 1. The van der Waals surface area contributed by atoms with E-state index in [4.69, 9.17) is 0 Å². The molecule has 1 atom stereocenters. The zero-order valence-electron chi connectivity index (χ0n) is 9.13. The highest BCUT2D eigenvalue weighted by molar-refractivity contribution is 5.97. The van der Waals surface area contributed by atoms with Crippen LogP contribution >= 0.6 is 0 Å². The van der Waals surface area contributed by atoms with Crippen LogP contribution in [0.4, 0.5) is 0 Å². The quantitative estimate of drug-likeness (QED) is 0.734. The van der Waals surface area contributed by atoms with Gasteiger partial charge in [-0.2, -0.15) is 15.4 Å². The van der Waals surface area contributed by atoms with E-state index in [1.165, 1.54) is 0 Å². The summed E-state index contributed by atoms with van der Waals surface area (Å²) in [5.74, 6) is -0.0635. The summed E-state index contributed by atoms with van der Waals surface area (Å²) in [6.45, 7) is 1.02. The smallest absolute Gasteiger partial charge is 0.254 e. The van der Waals surface area contributed by atoms with Gasteiger partial charge in [0, 0.05) is 18.7 Å². The first-order valence-electron chi connectivity index (χ1n) is 5.52. The largest absolute Gasteiger partial charge is 0.391 e. The minimum absolute atomic E-state index is 0.0635. The Morgan fingerprint density at radius 3 is 3.00 bits per heavy atom. The molecule has 2 N–H and O–H groups in total. The first-order valence-corrected chi connectivity index (χ1v) is 5.52. The number of aliphatic hydroxyl groups is 1. The maximum Gasteiger partial charge on any atom is 0.254 e. The molecule has 0 unspecified atom stereocenters. The molecular weight excluding hydrogens is 220 g/mol. The third-order valence-electron chi connectivity index (χ3n) is 3.01. The van der Waals surface area contributed by atoms with E-state index in [9.17, 15) is 9.90 Å². The number of H-pyrrole nitrogens is 1. The van der Waals surface area contributed by atoms with E-state index in [-0.39, 0.29) is 5.91 Å². The zero-order valence-corrected chi connectivity index (χ0v) is 9.13. The number of nitrogens with zero attached hydrogens (tertiary/aromatic N) is 3. The van der Waals surface area contributed by atoms with Crippen molar-refractivity contribution in [2.75, 3.05) is 13.1 Å². The summed E-state index contributed by atoms with van der Waals surface area (Å²) in [6.07, 6.45) is 0.257. The molecule has 1 aliphatic rings. The molecule has 0 bridgehead atoms. The summed E-state index contributed by atoms with van der Waals surface area (Å²) in [6, 6.07) is 5.21. The molecule has 0 aliphatic carbocycles. The predicted molar refractivity (Wildman–Crippen MR) is 60.4 cm³/mol. The van der Waals surface area contributed by atoms with Crippen LogP contribution < -0.4 is 0 Å². The van der Waals surface area contributed by atoms with Gasteiger partial charge in [-0.25, -0.2) is 0 Å². The molecule has 6 nitrogen and oxygen atoms in total. The average Bonchev–Trinajstić information content (AvgIpc) is 2.95. The molecule has 1 aromatic heterocycles. The van der Waals surface area contributed by atoms with Crippen molar-refractivity contribution in [3.63, 3.8) is 0 Å². The highest BCUT2D eigenvalue weighted by Crippen LogP contribution is 2.16. The molecule has 1 fully saturated rings. The fraction of sp³-hybridized carbons (Fsp3) is 0.364.